The molecule has 3 aromatic carbocycles. The van der Waals surface area contributed by atoms with Gasteiger partial charge < -0.3 is 29.7 Å². The van der Waals surface area contributed by atoms with Crippen molar-refractivity contribution in [1.82, 2.24) is 15.3 Å². The van der Waals surface area contributed by atoms with Gasteiger partial charge in [0.1, 0.15) is 23.7 Å². The Hall–Kier alpha value is -4.56. The summed E-state index contributed by atoms with van der Waals surface area (Å²) in [7, 11) is -1.95. The van der Waals surface area contributed by atoms with E-state index in [1.54, 1.807) is 60.5 Å². The number of amides is 1. The van der Waals surface area contributed by atoms with Gasteiger partial charge in [-0.05, 0) is 41.5 Å². The molecule has 3 heterocycles. The number of sulfone groups is 1. The zero-order chi connectivity index (χ0) is 31.6. The van der Waals surface area contributed by atoms with Gasteiger partial charge >= 0.3 is 6.09 Å². The minimum absolute atomic E-state index is 0.0468. The van der Waals surface area contributed by atoms with Gasteiger partial charge in [-0.3, -0.25) is 0 Å². The number of alkyl carbamates (subject to hydrolysis) is 1. The number of alkyl halides is 2. The number of carbonyl (C=O) groups excluding carboxylic acids is 1. The van der Waals surface area contributed by atoms with E-state index in [9.17, 15) is 22.0 Å². The molecule has 0 saturated carbocycles. The number of methoxy groups -OCH3 is 1. The average Bonchev–Trinajstić information content (AvgIpc) is 3.16. The van der Waals surface area contributed by atoms with Gasteiger partial charge in [-0.1, -0.05) is 36.4 Å². The maximum atomic E-state index is 13.7. The molecular weight excluding hydrogens is 608 g/mol. The largest absolute Gasteiger partial charge is 0.497 e. The molecule has 6 rings (SSSR count). The van der Waals surface area contributed by atoms with Crippen LogP contribution in [-0.2, 0) is 32.5 Å². The summed E-state index contributed by atoms with van der Waals surface area (Å²) >= 11 is 0. The molecule has 0 unspecified atom stereocenters. The number of benzene rings is 3. The first-order chi connectivity index (χ1) is 21.6. The summed E-state index contributed by atoms with van der Waals surface area (Å²) in [4.78, 5) is 24.1. The topological polar surface area (TPSA) is 132 Å². The SMILES string of the molecule is COc1ccc(COC(=O)NC2(CNc3nc(N4CCS(=O)(=O)c5ccccc5C4)nc4ccc(C(F)F)cc34)COC2)cc1. The van der Waals surface area contributed by atoms with Crippen LogP contribution < -0.4 is 20.3 Å². The average molecular weight is 640 g/mol. The summed E-state index contributed by atoms with van der Waals surface area (Å²) in [6.45, 7) is 0.954. The van der Waals surface area contributed by atoms with Gasteiger partial charge in [0.2, 0.25) is 5.95 Å². The van der Waals surface area contributed by atoms with Gasteiger partial charge in [-0.25, -0.2) is 27.0 Å². The summed E-state index contributed by atoms with van der Waals surface area (Å²) < 4.78 is 69.2. The van der Waals surface area contributed by atoms with Crippen LogP contribution in [0.1, 0.15) is 23.1 Å². The van der Waals surface area contributed by atoms with Gasteiger partial charge in [0.15, 0.2) is 9.84 Å². The first-order valence-electron chi connectivity index (χ1n) is 14.2. The Bertz CT molecular complexity index is 1820. The molecule has 2 aliphatic rings. The molecule has 14 heteroatoms. The maximum absolute atomic E-state index is 13.7. The van der Waals surface area contributed by atoms with Crippen LogP contribution in [0.2, 0.25) is 0 Å². The zero-order valence-corrected chi connectivity index (χ0v) is 25.1. The molecule has 11 nitrogen and oxygen atoms in total. The van der Waals surface area contributed by atoms with Crippen molar-refractivity contribution in [3.63, 3.8) is 0 Å². The molecule has 1 fully saturated rings. The molecule has 2 N–H and O–H groups in total. The third kappa shape index (κ3) is 6.61. The fourth-order valence-electron chi connectivity index (χ4n) is 5.22. The van der Waals surface area contributed by atoms with E-state index in [4.69, 9.17) is 14.2 Å². The number of hydrogen-bond donors (Lipinski definition) is 2. The molecule has 0 spiro atoms. The number of nitrogens with zero attached hydrogens (tertiary/aromatic N) is 3. The van der Waals surface area contributed by atoms with Gasteiger partial charge in [-0.2, -0.15) is 4.98 Å². The molecule has 0 radical (unpaired) electrons. The van der Waals surface area contributed by atoms with Crippen LogP contribution in [-0.4, -0.2) is 69.2 Å². The van der Waals surface area contributed by atoms with E-state index in [0.29, 0.717) is 22.2 Å². The Morgan fingerprint density at radius 2 is 1.87 bits per heavy atom. The number of anilines is 2. The third-order valence-electron chi connectivity index (χ3n) is 7.79. The number of rotatable bonds is 9. The standard InChI is InChI=1S/C31H31F2N5O6S/c1-42-23-9-6-20(7-10-23)16-44-30(39)37-31(18-43-19-31)17-34-28-24-14-21(27(32)33)8-11-25(24)35-29(36-28)38-12-13-45(40,41)26-5-3-2-4-22(26)15-38/h2-11,14,27H,12-13,15-19H2,1H3,(H,37,39)(H,34,35,36). The molecule has 1 aromatic heterocycles. The number of fused-ring (bicyclic) bond motifs is 2. The van der Waals surface area contributed by atoms with Crippen molar-refractivity contribution < 1.29 is 36.2 Å². The maximum Gasteiger partial charge on any atom is 0.408 e. The molecule has 2 aliphatic heterocycles. The highest BCUT2D eigenvalue weighted by molar-refractivity contribution is 7.91. The summed E-state index contributed by atoms with van der Waals surface area (Å²) in [6.07, 6.45) is -3.35. The number of aromatic nitrogens is 2. The van der Waals surface area contributed by atoms with Gasteiger partial charge in [0.25, 0.3) is 6.43 Å². The molecule has 1 saturated heterocycles. The van der Waals surface area contributed by atoms with Crippen LogP contribution in [0.5, 0.6) is 5.75 Å². The van der Waals surface area contributed by atoms with Crippen LogP contribution in [0.15, 0.2) is 71.6 Å². The van der Waals surface area contributed by atoms with Crippen LogP contribution >= 0.6 is 0 Å². The molecule has 0 bridgehead atoms. The van der Waals surface area contributed by atoms with E-state index in [-0.39, 0.29) is 67.4 Å². The van der Waals surface area contributed by atoms with Crippen molar-refractivity contribution in [3.8, 4) is 5.75 Å². The van der Waals surface area contributed by atoms with Gasteiger partial charge in [0.05, 0.1) is 36.5 Å². The molecular formula is C31H31F2N5O6S. The fraction of sp³-hybridized carbons (Fsp3) is 0.323. The summed E-state index contributed by atoms with van der Waals surface area (Å²) in [5.41, 5.74) is 0.757. The number of ether oxygens (including phenoxy) is 3. The van der Waals surface area contributed by atoms with Crippen LogP contribution in [0.4, 0.5) is 25.3 Å². The van der Waals surface area contributed by atoms with E-state index >= 15 is 0 Å². The smallest absolute Gasteiger partial charge is 0.408 e. The summed E-state index contributed by atoms with van der Waals surface area (Å²) in [5.74, 6) is 1.05. The molecule has 45 heavy (non-hydrogen) atoms. The number of nitrogens with one attached hydrogen (secondary N) is 2. The first kappa shape index (κ1) is 30.5. The van der Waals surface area contributed by atoms with E-state index in [1.165, 1.54) is 18.2 Å². The van der Waals surface area contributed by atoms with Crippen molar-refractivity contribution in [2.24, 2.45) is 0 Å². The lowest BCUT2D eigenvalue weighted by Crippen LogP contribution is -2.65. The van der Waals surface area contributed by atoms with Crippen molar-refractivity contribution in [2.75, 3.05) is 49.4 Å². The molecule has 0 aliphatic carbocycles. The highest BCUT2D eigenvalue weighted by Gasteiger charge is 2.41. The number of carbonyl (C=O) groups is 1. The van der Waals surface area contributed by atoms with Crippen molar-refractivity contribution in [2.45, 2.75) is 30.0 Å². The van der Waals surface area contributed by atoms with Gasteiger partial charge in [0, 0.05) is 30.6 Å². The zero-order valence-electron chi connectivity index (χ0n) is 24.3. The van der Waals surface area contributed by atoms with Crippen LogP contribution in [0.3, 0.4) is 0 Å². The Labute approximate surface area is 258 Å². The quantitative estimate of drug-likeness (QED) is 0.270. The summed E-state index contributed by atoms with van der Waals surface area (Å²) in [6, 6.07) is 18.0. The van der Waals surface area contributed by atoms with E-state index < -0.39 is 27.9 Å². The van der Waals surface area contributed by atoms with Crippen molar-refractivity contribution in [1.29, 1.82) is 0 Å². The number of hydrogen-bond acceptors (Lipinski definition) is 10. The van der Waals surface area contributed by atoms with Crippen molar-refractivity contribution in [3.05, 3.63) is 83.4 Å². The van der Waals surface area contributed by atoms with Crippen LogP contribution in [0.25, 0.3) is 10.9 Å². The molecule has 4 aromatic rings. The lowest BCUT2D eigenvalue weighted by atomic mass is 9.97. The van der Waals surface area contributed by atoms with Crippen molar-refractivity contribution >= 4 is 38.6 Å². The predicted octanol–water partition coefficient (Wildman–Crippen LogP) is 4.48. The minimum Gasteiger partial charge on any atom is -0.497 e. The molecule has 0 atom stereocenters. The fourth-order valence-corrected chi connectivity index (χ4v) is 6.72. The van der Waals surface area contributed by atoms with E-state index in [0.717, 1.165) is 5.56 Å². The van der Waals surface area contributed by atoms with E-state index in [2.05, 4.69) is 20.6 Å². The second-order valence-electron chi connectivity index (χ2n) is 11.0. The Kier molecular flexibility index (Phi) is 8.42. The first-order valence-corrected chi connectivity index (χ1v) is 15.8. The lowest BCUT2D eigenvalue weighted by molar-refractivity contribution is -0.0650. The van der Waals surface area contributed by atoms with Gasteiger partial charge in [-0.15, -0.1) is 0 Å². The van der Waals surface area contributed by atoms with E-state index in [1.807, 2.05) is 0 Å². The normalized spacial score (nSPS) is 16.8. The second kappa shape index (κ2) is 12.4. The third-order valence-corrected chi connectivity index (χ3v) is 9.58. The Balaban J connectivity index is 1.24. The second-order valence-corrected chi connectivity index (χ2v) is 13.1. The highest BCUT2D eigenvalue weighted by Crippen LogP contribution is 2.31. The molecule has 1 amide bonds. The van der Waals surface area contributed by atoms with Crippen LogP contribution in [0, 0.1) is 0 Å². The lowest BCUT2D eigenvalue weighted by Gasteiger charge is -2.41. The predicted molar refractivity (Wildman–Crippen MR) is 162 cm³/mol. The monoisotopic (exact) mass is 639 g/mol. The molecule has 236 valence electrons. The summed E-state index contributed by atoms with van der Waals surface area (Å²) in [5, 5.41) is 6.44. The number of halogens is 2. The Morgan fingerprint density at radius 1 is 1.09 bits per heavy atom. The minimum atomic E-state index is -3.52. The highest BCUT2D eigenvalue weighted by atomic mass is 32.2. The Morgan fingerprint density at radius 3 is 2.58 bits per heavy atom.